The molecular weight excluding hydrogens is 273 g/mol. The first kappa shape index (κ1) is 13.5. The first-order valence-electron chi connectivity index (χ1n) is 6.61. The van der Waals surface area contributed by atoms with E-state index in [1.54, 1.807) is 17.8 Å². The van der Waals surface area contributed by atoms with Gasteiger partial charge in [0.2, 0.25) is 0 Å². The van der Waals surface area contributed by atoms with Crippen LogP contribution < -0.4 is 0 Å². The highest BCUT2D eigenvalue weighted by Gasteiger charge is 2.19. The molecule has 1 aliphatic heterocycles. The Morgan fingerprint density at radius 3 is 3.00 bits per heavy atom. The second-order valence-corrected chi connectivity index (χ2v) is 5.65. The van der Waals surface area contributed by atoms with Crippen molar-refractivity contribution >= 4 is 11.8 Å². The summed E-state index contributed by atoms with van der Waals surface area (Å²) in [5.41, 5.74) is 3.04. The van der Waals surface area contributed by atoms with Crippen LogP contribution in [0.15, 0.2) is 35.6 Å². The van der Waals surface area contributed by atoms with Crippen LogP contribution in [0.3, 0.4) is 0 Å². The Morgan fingerprint density at radius 1 is 1.35 bits per heavy atom. The molecule has 0 bridgehead atoms. The van der Waals surface area contributed by atoms with Gasteiger partial charge in [0.05, 0.1) is 5.69 Å². The van der Waals surface area contributed by atoms with Crippen LogP contribution in [0.4, 0.5) is 4.39 Å². The monoisotopic (exact) mass is 289 g/mol. The van der Waals surface area contributed by atoms with Gasteiger partial charge in [-0.2, -0.15) is 0 Å². The molecule has 0 saturated heterocycles. The van der Waals surface area contributed by atoms with Gasteiger partial charge in [0.25, 0.3) is 0 Å². The summed E-state index contributed by atoms with van der Waals surface area (Å²) in [5, 5.41) is 0.825. The summed E-state index contributed by atoms with van der Waals surface area (Å²) < 4.78 is 13.7. The fraction of sp³-hybridized carbons (Fsp3) is 0.333. The lowest BCUT2D eigenvalue weighted by molar-refractivity contribution is 0.239. The van der Waals surface area contributed by atoms with Gasteiger partial charge in [0.1, 0.15) is 5.82 Å². The van der Waals surface area contributed by atoms with Gasteiger partial charge in [-0.3, -0.25) is 4.90 Å². The molecule has 3 nitrogen and oxygen atoms in total. The van der Waals surface area contributed by atoms with Crippen LogP contribution in [-0.2, 0) is 19.5 Å². The molecule has 0 radical (unpaired) electrons. The van der Waals surface area contributed by atoms with Gasteiger partial charge in [-0.1, -0.05) is 30.0 Å². The SMILES string of the molecule is CSc1ncc2c(n1)CCN(Cc1ccccc1F)C2. The van der Waals surface area contributed by atoms with Gasteiger partial charge in [0, 0.05) is 43.4 Å². The van der Waals surface area contributed by atoms with Gasteiger partial charge in [-0.15, -0.1) is 0 Å². The zero-order chi connectivity index (χ0) is 13.9. The highest BCUT2D eigenvalue weighted by atomic mass is 32.2. The smallest absolute Gasteiger partial charge is 0.187 e. The van der Waals surface area contributed by atoms with E-state index in [4.69, 9.17) is 0 Å². The number of benzene rings is 1. The number of halogens is 1. The minimum absolute atomic E-state index is 0.132. The van der Waals surface area contributed by atoms with E-state index in [1.165, 1.54) is 6.07 Å². The van der Waals surface area contributed by atoms with E-state index in [9.17, 15) is 4.39 Å². The quantitative estimate of drug-likeness (QED) is 0.642. The molecule has 1 aromatic heterocycles. The summed E-state index contributed by atoms with van der Waals surface area (Å²) in [6.45, 7) is 2.33. The summed E-state index contributed by atoms with van der Waals surface area (Å²) in [4.78, 5) is 11.1. The first-order valence-corrected chi connectivity index (χ1v) is 7.83. The maximum atomic E-state index is 13.7. The molecule has 0 unspecified atom stereocenters. The largest absolute Gasteiger partial charge is 0.294 e. The molecule has 104 valence electrons. The van der Waals surface area contributed by atoms with Crippen LogP contribution in [0.1, 0.15) is 16.8 Å². The maximum absolute atomic E-state index is 13.7. The van der Waals surface area contributed by atoms with Crippen LogP contribution in [0.25, 0.3) is 0 Å². The second kappa shape index (κ2) is 5.89. The van der Waals surface area contributed by atoms with Gasteiger partial charge < -0.3 is 0 Å². The number of hydrogen-bond donors (Lipinski definition) is 0. The summed E-state index contributed by atoms with van der Waals surface area (Å²) in [5.74, 6) is -0.132. The molecule has 0 atom stereocenters. The molecule has 1 aliphatic rings. The fourth-order valence-corrected chi connectivity index (χ4v) is 2.82. The molecule has 0 fully saturated rings. The van der Waals surface area contributed by atoms with Crippen LogP contribution in [0, 0.1) is 5.82 Å². The van der Waals surface area contributed by atoms with Crippen molar-refractivity contribution in [2.45, 2.75) is 24.7 Å². The summed E-state index contributed by atoms with van der Waals surface area (Å²) in [6, 6.07) is 6.96. The van der Waals surface area contributed by atoms with Crippen LogP contribution in [0.2, 0.25) is 0 Å². The zero-order valence-corrected chi connectivity index (χ0v) is 12.2. The van der Waals surface area contributed by atoms with Crippen LogP contribution in [0.5, 0.6) is 0 Å². The normalized spacial score (nSPS) is 15.1. The van der Waals surface area contributed by atoms with Gasteiger partial charge in [-0.05, 0) is 12.3 Å². The number of rotatable bonds is 3. The lowest BCUT2D eigenvalue weighted by Gasteiger charge is -2.28. The molecule has 2 aromatic rings. The molecule has 0 N–H and O–H groups in total. The third-order valence-corrected chi connectivity index (χ3v) is 4.09. The Balaban J connectivity index is 1.74. The highest BCUT2D eigenvalue weighted by Crippen LogP contribution is 2.21. The van der Waals surface area contributed by atoms with Crippen LogP contribution >= 0.6 is 11.8 Å². The van der Waals surface area contributed by atoms with Crippen LogP contribution in [-0.4, -0.2) is 27.7 Å². The predicted octanol–water partition coefficient (Wildman–Crippen LogP) is 2.90. The molecule has 0 aliphatic carbocycles. The Morgan fingerprint density at radius 2 is 2.20 bits per heavy atom. The molecule has 0 saturated carbocycles. The number of aromatic nitrogens is 2. The Bertz CT molecular complexity index is 618. The molecular formula is C15H16FN3S. The van der Waals surface area contributed by atoms with E-state index in [1.807, 2.05) is 24.6 Å². The van der Waals surface area contributed by atoms with E-state index < -0.39 is 0 Å². The van der Waals surface area contributed by atoms with Crippen molar-refractivity contribution < 1.29 is 4.39 Å². The number of hydrogen-bond acceptors (Lipinski definition) is 4. The van der Waals surface area contributed by atoms with E-state index >= 15 is 0 Å². The van der Waals surface area contributed by atoms with Gasteiger partial charge >= 0.3 is 0 Å². The second-order valence-electron chi connectivity index (χ2n) is 4.88. The number of thioether (sulfide) groups is 1. The number of nitrogens with zero attached hydrogens (tertiary/aromatic N) is 3. The Kier molecular flexibility index (Phi) is 3.98. The topological polar surface area (TPSA) is 29.0 Å². The van der Waals surface area contributed by atoms with Crippen molar-refractivity contribution in [2.75, 3.05) is 12.8 Å². The molecule has 3 rings (SSSR count). The summed E-state index contributed by atoms with van der Waals surface area (Å²) >= 11 is 1.56. The van der Waals surface area contributed by atoms with Crippen molar-refractivity contribution in [3.05, 3.63) is 53.1 Å². The predicted molar refractivity (Wildman–Crippen MR) is 78.0 cm³/mol. The van der Waals surface area contributed by atoms with Crippen molar-refractivity contribution in [3.8, 4) is 0 Å². The van der Waals surface area contributed by atoms with E-state index in [-0.39, 0.29) is 5.82 Å². The summed E-state index contributed by atoms with van der Waals surface area (Å²) in [6.07, 6.45) is 4.79. The standard InChI is InChI=1S/C15H16FN3S/c1-20-15-17-8-12-10-19(7-6-14(12)18-15)9-11-4-2-3-5-13(11)16/h2-5,8H,6-7,9-10H2,1H3. The van der Waals surface area contributed by atoms with Crippen molar-refractivity contribution in [2.24, 2.45) is 0 Å². The highest BCUT2D eigenvalue weighted by molar-refractivity contribution is 7.98. The third-order valence-electron chi connectivity index (χ3n) is 3.53. The van der Waals surface area contributed by atoms with E-state index in [2.05, 4.69) is 14.9 Å². The Hall–Kier alpha value is -1.46. The average Bonchev–Trinajstić information content (AvgIpc) is 2.49. The van der Waals surface area contributed by atoms with Gasteiger partial charge in [0.15, 0.2) is 5.16 Å². The van der Waals surface area contributed by atoms with Crippen molar-refractivity contribution in [1.29, 1.82) is 0 Å². The fourth-order valence-electron chi connectivity index (χ4n) is 2.46. The molecule has 0 spiro atoms. The molecule has 5 heteroatoms. The maximum Gasteiger partial charge on any atom is 0.187 e. The minimum atomic E-state index is -0.132. The molecule has 2 heterocycles. The molecule has 0 amide bonds. The van der Waals surface area contributed by atoms with Crippen molar-refractivity contribution in [1.82, 2.24) is 14.9 Å². The lowest BCUT2D eigenvalue weighted by Crippen LogP contribution is -2.31. The molecule has 1 aromatic carbocycles. The first-order chi connectivity index (χ1) is 9.76. The average molecular weight is 289 g/mol. The zero-order valence-electron chi connectivity index (χ0n) is 11.3. The lowest BCUT2D eigenvalue weighted by atomic mass is 10.1. The van der Waals surface area contributed by atoms with Crippen molar-refractivity contribution in [3.63, 3.8) is 0 Å². The van der Waals surface area contributed by atoms with E-state index in [0.29, 0.717) is 6.54 Å². The molecule has 20 heavy (non-hydrogen) atoms. The summed E-state index contributed by atoms with van der Waals surface area (Å²) in [7, 11) is 0. The third kappa shape index (κ3) is 2.83. The number of fused-ring (bicyclic) bond motifs is 1. The Labute approximate surface area is 122 Å². The van der Waals surface area contributed by atoms with Gasteiger partial charge in [-0.25, -0.2) is 14.4 Å². The minimum Gasteiger partial charge on any atom is -0.294 e. The van der Waals surface area contributed by atoms with E-state index in [0.717, 1.165) is 41.5 Å².